The van der Waals surface area contributed by atoms with Crippen molar-refractivity contribution in [2.24, 2.45) is 20.5 Å². The maximum Gasteiger partial charge on any atom is 0.296 e. The fourth-order valence-corrected chi connectivity index (χ4v) is 7.81. The Balaban J connectivity index is 1.95. The number of rotatable bonds is 17. The average Bonchev–Trinajstić information content (AvgIpc) is 3.14. The lowest BCUT2D eigenvalue weighted by Gasteiger charge is -2.13. The second-order valence-corrected chi connectivity index (χ2v) is 18.3. The van der Waals surface area contributed by atoms with E-state index >= 15 is 0 Å². The van der Waals surface area contributed by atoms with Crippen LogP contribution in [0.2, 0.25) is 0 Å². The van der Waals surface area contributed by atoms with E-state index in [4.69, 9.17) is 9.47 Å². The molecule has 0 aliphatic rings. The second-order valence-electron chi connectivity index (χ2n) is 11.5. The van der Waals surface area contributed by atoms with Gasteiger partial charge in [0.15, 0.2) is 9.84 Å². The number of amides is 1. The van der Waals surface area contributed by atoms with Crippen molar-refractivity contribution in [3.8, 4) is 17.2 Å². The third kappa shape index (κ3) is 10.3. The first-order valence-corrected chi connectivity index (χ1v) is 22.0. The van der Waals surface area contributed by atoms with Gasteiger partial charge < -0.3 is 25.2 Å². The van der Waals surface area contributed by atoms with E-state index in [1.165, 1.54) is 33.4 Å². The normalized spacial score (nSPS) is 12.5. The predicted molar refractivity (Wildman–Crippen MR) is 208 cm³/mol. The van der Waals surface area contributed by atoms with Crippen molar-refractivity contribution in [1.82, 2.24) is 0 Å². The Bertz CT molecular complexity index is 2810. The number of phenols is 1. The molecule has 0 radical (unpaired) electrons. The number of anilines is 2. The monoisotopic (exact) mass is 866 g/mol. The molecule has 0 aliphatic heterocycles. The van der Waals surface area contributed by atoms with Crippen molar-refractivity contribution < 1.29 is 62.2 Å². The van der Waals surface area contributed by atoms with Gasteiger partial charge in [-0.05, 0) is 36.1 Å². The molecule has 4 rings (SSSR count). The number of hydrogen-bond donors (Lipinski definition) is 5. The first-order chi connectivity index (χ1) is 26.6. The lowest BCUT2D eigenvalue weighted by Crippen LogP contribution is -2.13. The Morgan fingerprint density at radius 2 is 1.40 bits per heavy atom. The highest BCUT2D eigenvalue weighted by atomic mass is 32.2. The van der Waals surface area contributed by atoms with Crippen molar-refractivity contribution >= 4 is 90.7 Å². The molecule has 1 amide bonds. The Morgan fingerprint density at radius 1 is 0.754 bits per heavy atom. The van der Waals surface area contributed by atoms with E-state index in [1.54, 1.807) is 0 Å². The molecular weight excluding hydrogens is 833 g/mol. The number of sulfone groups is 2. The summed E-state index contributed by atoms with van der Waals surface area (Å²) in [6.45, 7) is 6.51. The number of carbonyl (C=O) groups excluding carboxylic acids is 1. The van der Waals surface area contributed by atoms with E-state index in [2.05, 4.69) is 44.2 Å². The standard InChI is InChI=1S/C33H34N6O14S4/c1-6-54(42,43)12-8-9-31(41)35-22-15-25(38-39-33-21(34-3)11-10-19-13-20(56(46,47)48)14-26(40)32(19)33)29(57(49,50)51)17-23(22)36-37-24-16-28(53-5)30(18-27(24)52-4)55(44,45)7-2/h6-7,10-11,13-18,34,40H,1-2,8-9,12H2,3-5H3,(H,35,41)(H,46,47,48)(H,49,50,51)/b37-36+,39-38+. The van der Waals surface area contributed by atoms with Crippen LogP contribution in [0.5, 0.6) is 17.2 Å². The van der Waals surface area contributed by atoms with E-state index in [9.17, 15) is 52.7 Å². The number of methoxy groups -OCH3 is 2. The Labute approximate surface area is 327 Å². The van der Waals surface area contributed by atoms with Gasteiger partial charge in [-0.15, -0.1) is 20.5 Å². The van der Waals surface area contributed by atoms with E-state index < -0.39 is 78.5 Å². The maximum absolute atomic E-state index is 13.1. The van der Waals surface area contributed by atoms with Gasteiger partial charge >= 0.3 is 0 Å². The molecule has 0 fully saturated rings. The zero-order valence-electron chi connectivity index (χ0n) is 30.1. The van der Waals surface area contributed by atoms with Gasteiger partial charge in [-0.3, -0.25) is 13.9 Å². The molecule has 0 heterocycles. The summed E-state index contributed by atoms with van der Waals surface area (Å²) >= 11 is 0. The molecule has 57 heavy (non-hydrogen) atoms. The molecule has 0 saturated carbocycles. The summed E-state index contributed by atoms with van der Waals surface area (Å²) in [5.41, 5.74) is -1.42. The first kappa shape index (κ1) is 43.9. The first-order valence-electron chi connectivity index (χ1n) is 15.8. The van der Waals surface area contributed by atoms with Crippen LogP contribution in [0.1, 0.15) is 12.8 Å². The molecule has 0 atom stereocenters. The predicted octanol–water partition coefficient (Wildman–Crippen LogP) is 6.12. The lowest BCUT2D eigenvalue weighted by atomic mass is 10.1. The summed E-state index contributed by atoms with van der Waals surface area (Å²) in [7, 11) is -13.8. The van der Waals surface area contributed by atoms with Gasteiger partial charge in [0.2, 0.25) is 15.7 Å². The molecule has 0 bridgehead atoms. The molecular formula is C33H34N6O14S4. The molecule has 24 heteroatoms. The summed E-state index contributed by atoms with van der Waals surface area (Å²) in [6, 6.07) is 8.52. The van der Waals surface area contributed by atoms with Crippen molar-refractivity contribution in [1.29, 1.82) is 0 Å². The average molecular weight is 867 g/mol. The highest BCUT2D eigenvalue weighted by Gasteiger charge is 2.24. The van der Waals surface area contributed by atoms with E-state index in [-0.39, 0.29) is 62.8 Å². The van der Waals surface area contributed by atoms with Crippen LogP contribution in [0.15, 0.2) is 108 Å². The molecule has 0 aliphatic carbocycles. The van der Waals surface area contributed by atoms with E-state index in [0.717, 1.165) is 41.8 Å². The molecule has 5 N–H and O–H groups in total. The Kier molecular flexibility index (Phi) is 13.2. The van der Waals surface area contributed by atoms with Crippen LogP contribution in [0.25, 0.3) is 10.8 Å². The molecule has 0 spiro atoms. The highest BCUT2D eigenvalue weighted by Crippen LogP contribution is 2.44. The van der Waals surface area contributed by atoms with Crippen LogP contribution in [-0.4, -0.2) is 80.8 Å². The zero-order chi connectivity index (χ0) is 42.5. The van der Waals surface area contributed by atoms with Crippen LogP contribution < -0.4 is 20.1 Å². The van der Waals surface area contributed by atoms with Crippen LogP contribution in [-0.2, 0) is 44.7 Å². The summed E-state index contributed by atoms with van der Waals surface area (Å²) < 4.78 is 128. The lowest BCUT2D eigenvalue weighted by molar-refractivity contribution is -0.116. The van der Waals surface area contributed by atoms with Crippen molar-refractivity contribution in [3.05, 3.63) is 72.5 Å². The molecule has 4 aromatic carbocycles. The zero-order valence-corrected chi connectivity index (χ0v) is 33.3. The van der Waals surface area contributed by atoms with Gasteiger partial charge in [-0.2, -0.15) is 16.8 Å². The summed E-state index contributed by atoms with van der Waals surface area (Å²) in [5, 5.41) is 33.6. The molecule has 4 aromatic rings. The van der Waals surface area contributed by atoms with Gasteiger partial charge in [0.05, 0.1) is 41.6 Å². The number of benzene rings is 4. The number of fused-ring (bicyclic) bond motifs is 1. The minimum Gasteiger partial charge on any atom is -0.507 e. The molecule has 0 aromatic heterocycles. The van der Waals surface area contributed by atoms with Crippen molar-refractivity contribution in [2.75, 3.05) is 37.7 Å². The molecule has 304 valence electrons. The Morgan fingerprint density at radius 3 is 1.98 bits per heavy atom. The number of hydrogen-bond acceptors (Lipinski definition) is 17. The van der Waals surface area contributed by atoms with Gasteiger partial charge in [0.25, 0.3) is 20.2 Å². The number of nitrogens with zero attached hydrogens (tertiary/aromatic N) is 4. The summed E-state index contributed by atoms with van der Waals surface area (Å²) in [5.74, 6) is -2.20. The summed E-state index contributed by atoms with van der Waals surface area (Å²) in [4.78, 5) is 11.2. The van der Waals surface area contributed by atoms with Crippen LogP contribution in [0.4, 0.5) is 34.1 Å². The smallest absolute Gasteiger partial charge is 0.296 e. The number of carbonyl (C=O) groups is 1. The van der Waals surface area contributed by atoms with Crippen LogP contribution in [0.3, 0.4) is 0 Å². The topological polar surface area (TPSA) is 306 Å². The van der Waals surface area contributed by atoms with Crippen LogP contribution in [0, 0.1) is 0 Å². The second kappa shape index (κ2) is 17.1. The number of phenolic OH excluding ortho intramolecular Hbond substituents is 1. The van der Waals surface area contributed by atoms with Gasteiger partial charge in [-0.1, -0.05) is 19.2 Å². The van der Waals surface area contributed by atoms with E-state index in [0.29, 0.717) is 5.41 Å². The number of ether oxygens (including phenoxy) is 2. The van der Waals surface area contributed by atoms with Gasteiger partial charge in [0, 0.05) is 42.5 Å². The van der Waals surface area contributed by atoms with Crippen molar-refractivity contribution in [3.63, 3.8) is 0 Å². The SMILES string of the molecule is C=CS(=O)(=O)CCCC(=O)Nc1cc(/N=N/c2c(NC)ccc3cc(S(=O)(=O)O)cc(O)c23)c(S(=O)(=O)O)cc1/N=N/c1cc(OC)c(S(=O)(=O)C=C)cc1OC. The van der Waals surface area contributed by atoms with E-state index in [1.807, 2.05) is 0 Å². The van der Waals surface area contributed by atoms with Crippen molar-refractivity contribution in [2.45, 2.75) is 27.5 Å². The molecule has 20 nitrogen and oxygen atoms in total. The Hall–Kier alpha value is -5.79. The molecule has 0 saturated heterocycles. The number of nitrogens with one attached hydrogen (secondary N) is 2. The summed E-state index contributed by atoms with van der Waals surface area (Å²) in [6.07, 6.45) is -0.516. The van der Waals surface area contributed by atoms with Gasteiger partial charge in [-0.25, -0.2) is 16.8 Å². The maximum atomic E-state index is 13.1. The van der Waals surface area contributed by atoms with Gasteiger partial charge in [0.1, 0.15) is 49.8 Å². The third-order valence-electron chi connectivity index (χ3n) is 7.84. The fraction of sp³-hybridized carbons (Fsp3) is 0.182. The minimum atomic E-state index is -5.18. The highest BCUT2D eigenvalue weighted by molar-refractivity contribution is 7.94. The largest absolute Gasteiger partial charge is 0.507 e. The molecule has 0 unspecified atom stereocenters. The quantitative estimate of drug-likeness (QED) is 0.0589. The van der Waals surface area contributed by atoms with Crippen LogP contribution >= 0.6 is 0 Å². The minimum absolute atomic E-state index is 0.0648. The number of azo groups is 2. The third-order valence-corrected chi connectivity index (χ3v) is 12.3. The fourth-order valence-electron chi connectivity index (χ4n) is 5.06. The number of aromatic hydroxyl groups is 1.